The minimum atomic E-state index is -0.194. The standard InChI is InChI=1S/C12H12BrNO2/c1-7(13)12(16)8-3-4-10-9(5-8)6-11(15)14(10)2/h3-5,7H,6H2,1-2H3/t7-/m1/s1. The molecule has 0 bridgehead atoms. The minimum absolute atomic E-state index is 0.0461. The number of hydrogen-bond donors (Lipinski definition) is 0. The lowest BCUT2D eigenvalue weighted by atomic mass is 10.0. The van der Waals surface area contributed by atoms with Gasteiger partial charge in [0.15, 0.2) is 5.78 Å². The van der Waals surface area contributed by atoms with Gasteiger partial charge in [-0.05, 0) is 30.7 Å². The van der Waals surface area contributed by atoms with Crippen LogP contribution >= 0.6 is 15.9 Å². The van der Waals surface area contributed by atoms with Crippen LogP contribution in [0.4, 0.5) is 5.69 Å². The zero-order valence-corrected chi connectivity index (χ0v) is 10.7. The first kappa shape index (κ1) is 11.3. The highest BCUT2D eigenvalue weighted by atomic mass is 79.9. The molecule has 0 radical (unpaired) electrons. The van der Waals surface area contributed by atoms with Gasteiger partial charge in [0.05, 0.1) is 11.2 Å². The van der Waals surface area contributed by atoms with E-state index in [9.17, 15) is 9.59 Å². The van der Waals surface area contributed by atoms with Gasteiger partial charge in [0, 0.05) is 18.3 Å². The van der Waals surface area contributed by atoms with Crippen molar-refractivity contribution in [1.29, 1.82) is 0 Å². The number of amides is 1. The summed E-state index contributed by atoms with van der Waals surface area (Å²) in [5.74, 6) is 0.122. The van der Waals surface area contributed by atoms with Crippen LogP contribution in [0.5, 0.6) is 0 Å². The third-order valence-electron chi connectivity index (χ3n) is 2.80. The number of Topliss-reactive ketones (excluding diaryl/α,β-unsaturated/α-hetero) is 1. The molecule has 1 atom stereocenters. The van der Waals surface area contributed by atoms with Crippen LogP contribution in [-0.4, -0.2) is 23.6 Å². The Kier molecular flexibility index (Phi) is 2.84. The first-order chi connectivity index (χ1) is 7.50. The molecule has 0 saturated carbocycles. The molecule has 84 valence electrons. The van der Waals surface area contributed by atoms with Crippen molar-refractivity contribution in [3.05, 3.63) is 29.3 Å². The van der Waals surface area contributed by atoms with Crippen LogP contribution < -0.4 is 4.90 Å². The van der Waals surface area contributed by atoms with Gasteiger partial charge < -0.3 is 4.90 Å². The van der Waals surface area contributed by atoms with E-state index in [2.05, 4.69) is 15.9 Å². The average molecular weight is 282 g/mol. The van der Waals surface area contributed by atoms with E-state index in [-0.39, 0.29) is 16.5 Å². The van der Waals surface area contributed by atoms with E-state index in [0.29, 0.717) is 12.0 Å². The number of rotatable bonds is 2. The van der Waals surface area contributed by atoms with E-state index in [1.807, 2.05) is 12.1 Å². The molecule has 0 aliphatic carbocycles. The number of alkyl halides is 1. The van der Waals surface area contributed by atoms with Gasteiger partial charge in [-0.25, -0.2) is 0 Å². The van der Waals surface area contributed by atoms with Crippen molar-refractivity contribution in [2.24, 2.45) is 0 Å². The smallest absolute Gasteiger partial charge is 0.231 e. The molecule has 2 rings (SSSR count). The van der Waals surface area contributed by atoms with Crippen molar-refractivity contribution >= 4 is 33.3 Å². The normalized spacial score (nSPS) is 16.2. The van der Waals surface area contributed by atoms with E-state index in [1.54, 1.807) is 24.9 Å². The van der Waals surface area contributed by atoms with Crippen molar-refractivity contribution in [3.63, 3.8) is 0 Å². The first-order valence-electron chi connectivity index (χ1n) is 5.08. The van der Waals surface area contributed by atoms with Gasteiger partial charge in [-0.15, -0.1) is 0 Å². The highest BCUT2D eigenvalue weighted by Crippen LogP contribution is 2.28. The van der Waals surface area contributed by atoms with Gasteiger partial charge in [0.1, 0.15) is 0 Å². The van der Waals surface area contributed by atoms with Crippen LogP contribution in [0.2, 0.25) is 0 Å². The molecule has 3 nitrogen and oxygen atoms in total. The van der Waals surface area contributed by atoms with Crippen molar-refractivity contribution in [1.82, 2.24) is 0 Å². The maximum atomic E-state index is 11.8. The molecule has 0 aromatic heterocycles. The number of fused-ring (bicyclic) bond motifs is 1. The maximum absolute atomic E-state index is 11.8. The lowest BCUT2D eigenvalue weighted by molar-refractivity contribution is -0.117. The van der Waals surface area contributed by atoms with Crippen molar-refractivity contribution < 1.29 is 9.59 Å². The monoisotopic (exact) mass is 281 g/mol. The minimum Gasteiger partial charge on any atom is -0.315 e. The molecule has 1 aromatic rings. The fourth-order valence-corrected chi connectivity index (χ4v) is 2.12. The molecular weight excluding hydrogens is 270 g/mol. The van der Waals surface area contributed by atoms with E-state index < -0.39 is 0 Å². The van der Waals surface area contributed by atoms with E-state index >= 15 is 0 Å². The molecule has 0 saturated heterocycles. The van der Waals surface area contributed by atoms with E-state index in [1.165, 1.54) is 0 Å². The van der Waals surface area contributed by atoms with Gasteiger partial charge in [0.2, 0.25) is 5.91 Å². The Bertz CT molecular complexity index is 468. The second kappa shape index (κ2) is 4.01. The molecule has 1 aromatic carbocycles. The Hall–Kier alpha value is -1.16. The van der Waals surface area contributed by atoms with Gasteiger partial charge in [-0.3, -0.25) is 9.59 Å². The zero-order chi connectivity index (χ0) is 11.9. The van der Waals surface area contributed by atoms with Crippen molar-refractivity contribution in [2.75, 3.05) is 11.9 Å². The largest absolute Gasteiger partial charge is 0.315 e. The number of hydrogen-bond acceptors (Lipinski definition) is 2. The third-order valence-corrected chi connectivity index (χ3v) is 3.22. The molecule has 1 amide bonds. The number of halogens is 1. The summed E-state index contributed by atoms with van der Waals surface area (Å²) in [7, 11) is 1.75. The van der Waals surface area contributed by atoms with Crippen molar-refractivity contribution in [2.45, 2.75) is 18.2 Å². The summed E-state index contributed by atoms with van der Waals surface area (Å²) in [5.41, 5.74) is 2.50. The Balaban J connectivity index is 2.39. The molecule has 16 heavy (non-hydrogen) atoms. The summed E-state index contributed by atoms with van der Waals surface area (Å²) >= 11 is 3.25. The van der Waals surface area contributed by atoms with Crippen LogP contribution in [0.25, 0.3) is 0 Å². The number of anilines is 1. The summed E-state index contributed by atoms with van der Waals surface area (Å²) in [6, 6.07) is 5.42. The average Bonchev–Trinajstić information content (AvgIpc) is 2.53. The van der Waals surface area contributed by atoms with Crippen molar-refractivity contribution in [3.8, 4) is 0 Å². The molecule has 4 heteroatoms. The first-order valence-corrected chi connectivity index (χ1v) is 6.00. The predicted octanol–water partition coefficient (Wildman–Crippen LogP) is 2.17. The van der Waals surface area contributed by atoms with Gasteiger partial charge in [-0.1, -0.05) is 15.9 Å². The lowest BCUT2D eigenvalue weighted by Crippen LogP contribution is -2.20. The number of likely N-dealkylation sites (N-methyl/N-ethyl adjacent to an activating group) is 1. The third kappa shape index (κ3) is 1.78. The summed E-state index contributed by atoms with van der Waals surface area (Å²) in [5, 5.41) is 0. The molecule has 0 spiro atoms. The number of nitrogens with zero attached hydrogens (tertiary/aromatic N) is 1. The molecule has 0 unspecified atom stereocenters. The SMILES string of the molecule is C[C@@H](Br)C(=O)c1ccc2c(c1)CC(=O)N2C. The number of carbonyl (C=O) groups is 2. The Morgan fingerprint density at radius 1 is 1.50 bits per heavy atom. The van der Waals surface area contributed by atoms with E-state index in [0.717, 1.165) is 11.3 Å². The summed E-state index contributed by atoms with van der Waals surface area (Å²) < 4.78 is 0. The lowest BCUT2D eigenvalue weighted by Gasteiger charge is -2.10. The van der Waals surface area contributed by atoms with Crippen LogP contribution in [0.15, 0.2) is 18.2 Å². The van der Waals surface area contributed by atoms with Gasteiger partial charge in [-0.2, -0.15) is 0 Å². The summed E-state index contributed by atoms with van der Waals surface area (Å²) in [4.78, 5) is 24.7. The number of benzene rings is 1. The maximum Gasteiger partial charge on any atom is 0.231 e. The van der Waals surface area contributed by atoms with Gasteiger partial charge >= 0.3 is 0 Å². The Morgan fingerprint density at radius 3 is 2.81 bits per heavy atom. The van der Waals surface area contributed by atoms with Crippen LogP contribution in [0.1, 0.15) is 22.8 Å². The predicted molar refractivity (Wildman–Crippen MR) is 66.3 cm³/mol. The fraction of sp³-hybridized carbons (Fsp3) is 0.333. The van der Waals surface area contributed by atoms with E-state index in [4.69, 9.17) is 0 Å². The molecule has 0 N–H and O–H groups in total. The second-order valence-corrected chi connectivity index (χ2v) is 5.33. The topological polar surface area (TPSA) is 37.4 Å². The Morgan fingerprint density at radius 2 is 2.19 bits per heavy atom. The van der Waals surface area contributed by atoms with Crippen LogP contribution in [0, 0.1) is 0 Å². The second-order valence-electron chi connectivity index (χ2n) is 3.95. The molecule has 0 fully saturated rings. The van der Waals surface area contributed by atoms with Gasteiger partial charge in [0.25, 0.3) is 0 Å². The summed E-state index contributed by atoms with van der Waals surface area (Å²) in [6.45, 7) is 1.80. The highest BCUT2D eigenvalue weighted by molar-refractivity contribution is 9.10. The van der Waals surface area contributed by atoms with Crippen LogP contribution in [-0.2, 0) is 11.2 Å². The Labute approximate surface area is 103 Å². The molecule has 1 aliphatic rings. The quantitative estimate of drug-likeness (QED) is 0.616. The summed E-state index contributed by atoms with van der Waals surface area (Å²) in [6.07, 6.45) is 0.392. The number of carbonyl (C=O) groups excluding carboxylic acids is 2. The fourth-order valence-electron chi connectivity index (χ4n) is 1.85. The zero-order valence-electron chi connectivity index (χ0n) is 9.16. The molecular formula is C12H12BrNO2. The highest BCUT2D eigenvalue weighted by Gasteiger charge is 2.25. The molecule has 1 aliphatic heterocycles. The molecule has 1 heterocycles. The van der Waals surface area contributed by atoms with Crippen LogP contribution in [0.3, 0.4) is 0 Å². The number of ketones is 1.